The number of nitrogens with one attached hydrogen (secondary N) is 1. The third-order valence-corrected chi connectivity index (χ3v) is 3.06. The van der Waals surface area contributed by atoms with Gasteiger partial charge < -0.3 is 9.47 Å². The predicted octanol–water partition coefficient (Wildman–Crippen LogP) is 2.84. The SMILES string of the molecule is CCCCCCC(=O)NN=Cc1ccc2c(c1)OCO2. The van der Waals surface area contributed by atoms with Crippen LogP contribution in [-0.4, -0.2) is 18.9 Å². The lowest BCUT2D eigenvalue weighted by molar-refractivity contribution is -0.121. The van der Waals surface area contributed by atoms with Crippen LogP contribution in [0, 0.1) is 0 Å². The molecule has 0 aliphatic carbocycles. The number of carbonyl (C=O) groups is 1. The van der Waals surface area contributed by atoms with E-state index in [-0.39, 0.29) is 12.7 Å². The molecule has 1 aromatic carbocycles. The molecular weight excluding hydrogens is 256 g/mol. The molecule has 20 heavy (non-hydrogen) atoms. The van der Waals surface area contributed by atoms with Gasteiger partial charge in [0, 0.05) is 6.42 Å². The van der Waals surface area contributed by atoms with Crippen molar-refractivity contribution in [2.75, 3.05) is 6.79 Å². The third kappa shape index (κ3) is 4.26. The van der Waals surface area contributed by atoms with Crippen LogP contribution in [0.1, 0.15) is 44.6 Å². The second-order valence-corrected chi connectivity index (χ2v) is 4.72. The Morgan fingerprint density at radius 3 is 3.00 bits per heavy atom. The largest absolute Gasteiger partial charge is 0.454 e. The molecule has 5 nitrogen and oxygen atoms in total. The number of hydrogen-bond acceptors (Lipinski definition) is 4. The number of unbranched alkanes of at least 4 members (excludes halogenated alkanes) is 3. The van der Waals surface area contributed by atoms with Gasteiger partial charge in [-0.2, -0.15) is 5.10 Å². The highest BCUT2D eigenvalue weighted by Crippen LogP contribution is 2.31. The highest BCUT2D eigenvalue weighted by Gasteiger charge is 2.12. The highest BCUT2D eigenvalue weighted by molar-refractivity contribution is 5.83. The van der Waals surface area contributed by atoms with Crippen molar-refractivity contribution in [3.8, 4) is 11.5 Å². The van der Waals surface area contributed by atoms with Crippen molar-refractivity contribution >= 4 is 12.1 Å². The first-order valence-corrected chi connectivity index (χ1v) is 7.01. The first-order valence-electron chi connectivity index (χ1n) is 7.01. The summed E-state index contributed by atoms with van der Waals surface area (Å²) in [6.45, 7) is 2.40. The van der Waals surface area contributed by atoms with Crippen molar-refractivity contribution in [1.29, 1.82) is 0 Å². The summed E-state index contributed by atoms with van der Waals surface area (Å²) in [7, 11) is 0. The van der Waals surface area contributed by atoms with Crippen LogP contribution in [-0.2, 0) is 4.79 Å². The lowest BCUT2D eigenvalue weighted by atomic mass is 10.1. The molecule has 0 saturated carbocycles. The summed E-state index contributed by atoms with van der Waals surface area (Å²) in [5, 5.41) is 3.94. The number of rotatable bonds is 7. The Balaban J connectivity index is 1.74. The normalized spacial score (nSPS) is 12.8. The molecule has 5 heteroatoms. The molecular formula is C15H20N2O3. The third-order valence-electron chi connectivity index (χ3n) is 3.06. The summed E-state index contributed by atoms with van der Waals surface area (Å²) in [6, 6.07) is 5.53. The van der Waals surface area contributed by atoms with E-state index < -0.39 is 0 Å². The van der Waals surface area contributed by atoms with Crippen LogP contribution in [0.15, 0.2) is 23.3 Å². The van der Waals surface area contributed by atoms with Crippen LogP contribution in [0.5, 0.6) is 11.5 Å². The van der Waals surface area contributed by atoms with Crippen LogP contribution in [0.25, 0.3) is 0 Å². The van der Waals surface area contributed by atoms with Gasteiger partial charge in [-0.3, -0.25) is 4.79 Å². The molecule has 0 bridgehead atoms. The molecule has 108 valence electrons. The molecule has 0 aromatic heterocycles. The van der Waals surface area contributed by atoms with Crippen molar-refractivity contribution in [3.05, 3.63) is 23.8 Å². The number of hydrogen-bond donors (Lipinski definition) is 1. The minimum Gasteiger partial charge on any atom is -0.454 e. The fourth-order valence-corrected chi connectivity index (χ4v) is 1.94. The van der Waals surface area contributed by atoms with E-state index in [2.05, 4.69) is 17.5 Å². The Labute approximate surface area is 119 Å². The number of nitrogens with zero attached hydrogens (tertiary/aromatic N) is 1. The van der Waals surface area contributed by atoms with Crippen molar-refractivity contribution in [2.24, 2.45) is 5.10 Å². The first kappa shape index (κ1) is 14.4. The van der Waals surface area contributed by atoms with E-state index in [0.717, 1.165) is 24.2 Å². The van der Waals surface area contributed by atoms with Gasteiger partial charge in [0.15, 0.2) is 11.5 Å². The predicted molar refractivity (Wildman–Crippen MR) is 77.1 cm³/mol. The fourth-order valence-electron chi connectivity index (χ4n) is 1.94. The first-order chi connectivity index (χ1) is 9.79. The molecule has 0 saturated heterocycles. The Kier molecular flexibility index (Phi) is 5.41. The van der Waals surface area contributed by atoms with Gasteiger partial charge in [0.2, 0.25) is 12.7 Å². The Morgan fingerprint density at radius 1 is 1.30 bits per heavy atom. The minimum absolute atomic E-state index is 0.0434. The summed E-state index contributed by atoms with van der Waals surface area (Å²) < 4.78 is 10.5. The van der Waals surface area contributed by atoms with E-state index in [9.17, 15) is 4.79 Å². The maximum absolute atomic E-state index is 11.5. The quantitative estimate of drug-likeness (QED) is 0.473. The summed E-state index contributed by atoms with van der Waals surface area (Å²) in [5.74, 6) is 1.40. The van der Waals surface area contributed by atoms with Crippen LogP contribution in [0.2, 0.25) is 0 Å². The fraction of sp³-hybridized carbons (Fsp3) is 0.467. The molecule has 1 N–H and O–H groups in total. The van der Waals surface area contributed by atoms with Gasteiger partial charge in [-0.1, -0.05) is 26.2 Å². The lowest BCUT2D eigenvalue weighted by Crippen LogP contribution is -2.16. The van der Waals surface area contributed by atoms with Crippen molar-refractivity contribution in [1.82, 2.24) is 5.43 Å². The minimum atomic E-state index is -0.0434. The van der Waals surface area contributed by atoms with Gasteiger partial charge in [0.1, 0.15) is 0 Å². The molecule has 1 aromatic rings. The molecule has 1 heterocycles. The van der Waals surface area contributed by atoms with E-state index in [1.807, 2.05) is 18.2 Å². The topological polar surface area (TPSA) is 59.9 Å². The number of hydrazone groups is 1. The van der Waals surface area contributed by atoms with Gasteiger partial charge in [0.05, 0.1) is 6.21 Å². The summed E-state index contributed by atoms with van der Waals surface area (Å²) >= 11 is 0. The van der Waals surface area contributed by atoms with E-state index in [0.29, 0.717) is 12.2 Å². The van der Waals surface area contributed by atoms with Gasteiger partial charge in [-0.15, -0.1) is 0 Å². The van der Waals surface area contributed by atoms with Gasteiger partial charge in [-0.05, 0) is 30.2 Å². The molecule has 0 spiro atoms. The van der Waals surface area contributed by atoms with Gasteiger partial charge >= 0.3 is 0 Å². The van der Waals surface area contributed by atoms with Gasteiger partial charge in [0.25, 0.3) is 0 Å². The Morgan fingerprint density at radius 2 is 2.15 bits per heavy atom. The second-order valence-electron chi connectivity index (χ2n) is 4.72. The van der Waals surface area contributed by atoms with E-state index >= 15 is 0 Å². The number of amides is 1. The smallest absolute Gasteiger partial charge is 0.240 e. The molecule has 1 aliphatic heterocycles. The average molecular weight is 276 g/mol. The van der Waals surface area contributed by atoms with Crippen molar-refractivity contribution in [3.63, 3.8) is 0 Å². The summed E-state index contributed by atoms with van der Waals surface area (Å²) in [4.78, 5) is 11.5. The summed E-state index contributed by atoms with van der Waals surface area (Å²) in [6.07, 6.45) is 6.48. The molecule has 0 atom stereocenters. The number of ether oxygens (including phenoxy) is 2. The molecule has 0 fully saturated rings. The molecule has 0 radical (unpaired) electrons. The van der Waals surface area contributed by atoms with E-state index in [1.165, 1.54) is 12.8 Å². The Hall–Kier alpha value is -2.04. The maximum Gasteiger partial charge on any atom is 0.240 e. The number of fused-ring (bicyclic) bond motifs is 1. The van der Waals surface area contributed by atoms with Crippen LogP contribution >= 0.6 is 0 Å². The molecule has 0 unspecified atom stereocenters. The zero-order valence-electron chi connectivity index (χ0n) is 11.7. The standard InChI is InChI=1S/C15H20N2O3/c1-2-3-4-5-6-15(18)17-16-10-12-7-8-13-14(9-12)20-11-19-13/h7-10H,2-6,11H2,1H3,(H,17,18). The van der Waals surface area contributed by atoms with Gasteiger partial charge in [-0.25, -0.2) is 5.43 Å². The average Bonchev–Trinajstić information content (AvgIpc) is 2.91. The van der Waals surface area contributed by atoms with E-state index in [4.69, 9.17) is 9.47 Å². The van der Waals surface area contributed by atoms with E-state index in [1.54, 1.807) is 6.21 Å². The highest BCUT2D eigenvalue weighted by atomic mass is 16.7. The lowest BCUT2D eigenvalue weighted by Gasteiger charge is -2.00. The zero-order valence-corrected chi connectivity index (χ0v) is 11.7. The number of carbonyl (C=O) groups excluding carboxylic acids is 1. The van der Waals surface area contributed by atoms with Crippen molar-refractivity contribution < 1.29 is 14.3 Å². The monoisotopic (exact) mass is 276 g/mol. The molecule has 1 aliphatic rings. The van der Waals surface area contributed by atoms with Crippen molar-refractivity contribution in [2.45, 2.75) is 39.0 Å². The second kappa shape index (κ2) is 7.53. The maximum atomic E-state index is 11.5. The van der Waals surface area contributed by atoms with Crippen LogP contribution in [0.4, 0.5) is 0 Å². The zero-order chi connectivity index (χ0) is 14.2. The van der Waals surface area contributed by atoms with Crippen LogP contribution < -0.4 is 14.9 Å². The molecule has 1 amide bonds. The Bertz CT molecular complexity index is 486. The molecule has 2 rings (SSSR count). The summed E-state index contributed by atoms with van der Waals surface area (Å²) in [5.41, 5.74) is 3.40. The number of benzene rings is 1. The van der Waals surface area contributed by atoms with Crippen LogP contribution in [0.3, 0.4) is 0 Å².